The molecule has 0 fully saturated rings. The third-order valence-electron chi connectivity index (χ3n) is 1.70. The van der Waals surface area contributed by atoms with Gasteiger partial charge >= 0.3 is 0 Å². The summed E-state index contributed by atoms with van der Waals surface area (Å²) in [4.78, 5) is 0. The van der Waals surface area contributed by atoms with Crippen LogP contribution in [0.2, 0.25) is 0 Å². The van der Waals surface area contributed by atoms with Gasteiger partial charge in [-0.3, -0.25) is 0 Å². The summed E-state index contributed by atoms with van der Waals surface area (Å²) in [5.41, 5.74) is 6.09. The molecule has 0 heterocycles. The van der Waals surface area contributed by atoms with E-state index in [4.69, 9.17) is 15.7 Å². The van der Waals surface area contributed by atoms with E-state index in [2.05, 4.69) is 21.1 Å². The van der Waals surface area contributed by atoms with Crippen LogP contribution in [0.5, 0.6) is 5.75 Å². The van der Waals surface area contributed by atoms with Gasteiger partial charge in [0.15, 0.2) is 5.84 Å². The van der Waals surface area contributed by atoms with E-state index in [0.29, 0.717) is 5.56 Å². The summed E-state index contributed by atoms with van der Waals surface area (Å²) in [6.45, 7) is 3.90. The highest BCUT2D eigenvalue weighted by atomic mass is 79.9. The molecule has 82 valence electrons. The Hall–Kier alpha value is -1.23. The molecule has 15 heavy (non-hydrogen) atoms. The number of benzene rings is 1. The van der Waals surface area contributed by atoms with Gasteiger partial charge in [-0.25, -0.2) is 0 Å². The molecule has 0 aliphatic carbocycles. The molecular weight excluding hydrogens is 260 g/mol. The molecule has 0 atom stereocenters. The summed E-state index contributed by atoms with van der Waals surface area (Å²) in [5, 5.41) is 11.4. The van der Waals surface area contributed by atoms with Gasteiger partial charge in [0, 0.05) is 5.56 Å². The van der Waals surface area contributed by atoms with Gasteiger partial charge in [-0.1, -0.05) is 5.16 Å². The summed E-state index contributed by atoms with van der Waals surface area (Å²) in [6, 6.07) is 5.25. The molecule has 0 aliphatic heterocycles. The molecule has 0 bridgehead atoms. The maximum atomic E-state index is 8.51. The van der Waals surface area contributed by atoms with E-state index < -0.39 is 0 Å². The highest BCUT2D eigenvalue weighted by molar-refractivity contribution is 9.10. The van der Waals surface area contributed by atoms with Crippen molar-refractivity contribution in [1.29, 1.82) is 0 Å². The third kappa shape index (κ3) is 3.13. The molecule has 1 aromatic carbocycles. The minimum Gasteiger partial charge on any atom is -0.490 e. The smallest absolute Gasteiger partial charge is 0.170 e. The van der Waals surface area contributed by atoms with Gasteiger partial charge < -0.3 is 15.7 Å². The van der Waals surface area contributed by atoms with Crippen LogP contribution in [0.1, 0.15) is 19.4 Å². The standard InChI is InChI=1S/C10H13BrN2O2/c1-6(2)15-9-4-3-7(5-8(9)11)10(12)13-14/h3-6,14H,1-2H3,(H2,12,13). The second-order valence-corrected chi connectivity index (χ2v) is 4.15. The van der Waals surface area contributed by atoms with Crippen molar-refractivity contribution in [3.63, 3.8) is 0 Å². The Kier molecular flexibility index (Phi) is 3.96. The van der Waals surface area contributed by atoms with E-state index >= 15 is 0 Å². The van der Waals surface area contributed by atoms with Crippen LogP contribution < -0.4 is 10.5 Å². The van der Waals surface area contributed by atoms with Gasteiger partial charge in [0.25, 0.3) is 0 Å². The lowest BCUT2D eigenvalue weighted by molar-refractivity contribution is 0.241. The van der Waals surface area contributed by atoms with Gasteiger partial charge in [-0.2, -0.15) is 0 Å². The molecule has 1 rings (SSSR count). The van der Waals surface area contributed by atoms with Gasteiger partial charge in [0.2, 0.25) is 0 Å². The molecule has 1 aromatic rings. The Labute approximate surface area is 96.9 Å². The average molecular weight is 273 g/mol. The zero-order valence-electron chi connectivity index (χ0n) is 8.57. The summed E-state index contributed by atoms with van der Waals surface area (Å²) >= 11 is 3.36. The highest BCUT2D eigenvalue weighted by Crippen LogP contribution is 2.26. The molecule has 0 amide bonds. The number of nitrogens with zero attached hydrogens (tertiary/aromatic N) is 1. The molecule has 0 saturated heterocycles. The van der Waals surface area contributed by atoms with Crippen molar-refractivity contribution in [2.75, 3.05) is 0 Å². The summed E-state index contributed by atoms with van der Waals surface area (Å²) in [6.07, 6.45) is 0.107. The molecule has 0 aliphatic rings. The van der Waals surface area contributed by atoms with Gasteiger partial charge in [0.05, 0.1) is 10.6 Å². The number of hydrogen-bond acceptors (Lipinski definition) is 3. The second-order valence-electron chi connectivity index (χ2n) is 3.30. The zero-order valence-corrected chi connectivity index (χ0v) is 10.2. The van der Waals surface area contributed by atoms with Crippen LogP contribution in [0, 0.1) is 0 Å². The van der Waals surface area contributed by atoms with Crippen LogP contribution in [0.25, 0.3) is 0 Å². The topological polar surface area (TPSA) is 67.8 Å². The maximum absolute atomic E-state index is 8.51. The fourth-order valence-corrected chi connectivity index (χ4v) is 1.54. The predicted molar refractivity (Wildman–Crippen MR) is 62.4 cm³/mol. The van der Waals surface area contributed by atoms with Crippen LogP contribution in [0.3, 0.4) is 0 Å². The third-order valence-corrected chi connectivity index (χ3v) is 2.32. The van der Waals surface area contributed by atoms with Crippen molar-refractivity contribution in [3.8, 4) is 5.75 Å². The number of rotatable bonds is 3. The highest BCUT2D eigenvalue weighted by Gasteiger charge is 2.06. The van der Waals surface area contributed by atoms with Gasteiger partial charge in [-0.05, 0) is 48.0 Å². The number of ether oxygens (including phenoxy) is 1. The molecule has 5 heteroatoms. The minimum absolute atomic E-state index is 0.0757. The number of hydrogen-bond donors (Lipinski definition) is 2. The van der Waals surface area contributed by atoms with E-state index in [1.807, 2.05) is 13.8 Å². The molecule has 3 N–H and O–H groups in total. The Morgan fingerprint density at radius 3 is 2.67 bits per heavy atom. The number of oxime groups is 1. The van der Waals surface area contributed by atoms with Gasteiger partial charge in [-0.15, -0.1) is 0 Å². The monoisotopic (exact) mass is 272 g/mol. The molecule has 4 nitrogen and oxygen atoms in total. The Bertz CT molecular complexity index is 378. The van der Waals surface area contributed by atoms with Crippen LogP contribution >= 0.6 is 15.9 Å². The first-order valence-electron chi connectivity index (χ1n) is 4.48. The van der Waals surface area contributed by atoms with Crippen molar-refractivity contribution < 1.29 is 9.94 Å². The maximum Gasteiger partial charge on any atom is 0.170 e. The van der Waals surface area contributed by atoms with Crippen molar-refractivity contribution in [2.45, 2.75) is 20.0 Å². The fourth-order valence-electron chi connectivity index (χ4n) is 1.07. The number of nitrogens with two attached hydrogens (primary N) is 1. The van der Waals surface area contributed by atoms with Crippen LogP contribution in [-0.4, -0.2) is 17.1 Å². The summed E-state index contributed by atoms with van der Waals surface area (Å²) in [7, 11) is 0. The molecule has 0 spiro atoms. The van der Waals surface area contributed by atoms with E-state index in [1.165, 1.54) is 0 Å². The number of halogens is 1. The molecule has 0 unspecified atom stereocenters. The summed E-state index contributed by atoms with van der Waals surface area (Å²) in [5.74, 6) is 0.811. The van der Waals surface area contributed by atoms with E-state index in [1.54, 1.807) is 18.2 Å². The lowest BCUT2D eigenvalue weighted by Gasteiger charge is -2.12. The van der Waals surface area contributed by atoms with Crippen molar-refractivity contribution >= 4 is 21.8 Å². The van der Waals surface area contributed by atoms with Crippen LogP contribution in [0.4, 0.5) is 0 Å². The lowest BCUT2D eigenvalue weighted by atomic mass is 10.2. The number of amidine groups is 1. The first-order chi connectivity index (χ1) is 7.04. The first kappa shape index (κ1) is 11.8. The Morgan fingerprint density at radius 1 is 1.53 bits per heavy atom. The molecule has 0 radical (unpaired) electrons. The van der Waals surface area contributed by atoms with Crippen molar-refractivity contribution in [1.82, 2.24) is 0 Å². The Morgan fingerprint density at radius 2 is 2.20 bits per heavy atom. The second kappa shape index (κ2) is 5.02. The lowest BCUT2D eigenvalue weighted by Crippen LogP contribution is -2.13. The normalized spacial score (nSPS) is 11.9. The van der Waals surface area contributed by atoms with Gasteiger partial charge in [0.1, 0.15) is 5.75 Å². The minimum atomic E-state index is 0.0757. The quantitative estimate of drug-likeness (QED) is 0.384. The van der Waals surface area contributed by atoms with Crippen LogP contribution in [0.15, 0.2) is 27.8 Å². The van der Waals surface area contributed by atoms with E-state index in [-0.39, 0.29) is 11.9 Å². The zero-order chi connectivity index (χ0) is 11.4. The van der Waals surface area contributed by atoms with Crippen molar-refractivity contribution in [2.24, 2.45) is 10.9 Å². The predicted octanol–water partition coefficient (Wildman–Crippen LogP) is 2.33. The fraction of sp³-hybridized carbons (Fsp3) is 0.300. The van der Waals surface area contributed by atoms with E-state index in [9.17, 15) is 0 Å². The van der Waals surface area contributed by atoms with Crippen molar-refractivity contribution in [3.05, 3.63) is 28.2 Å². The van der Waals surface area contributed by atoms with Crippen LogP contribution in [-0.2, 0) is 0 Å². The first-order valence-corrected chi connectivity index (χ1v) is 5.28. The SMILES string of the molecule is CC(C)Oc1ccc(/C(N)=N/O)cc1Br. The summed E-state index contributed by atoms with van der Waals surface area (Å²) < 4.78 is 6.30. The largest absolute Gasteiger partial charge is 0.490 e. The molecular formula is C10H13BrN2O2. The Balaban J connectivity index is 2.98. The average Bonchev–Trinajstić information content (AvgIpc) is 2.19. The molecule has 0 aromatic heterocycles. The molecule has 0 saturated carbocycles. The van der Waals surface area contributed by atoms with E-state index in [0.717, 1.165) is 10.2 Å².